The molecule has 1 heterocycles. The highest BCUT2D eigenvalue weighted by Gasteiger charge is 2.12. The summed E-state index contributed by atoms with van der Waals surface area (Å²) in [6, 6.07) is 17.0. The van der Waals surface area contributed by atoms with Crippen molar-refractivity contribution in [1.29, 1.82) is 0 Å². The van der Waals surface area contributed by atoms with Gasteiger partial charge in [-0.15, -0.1) is 0 Å². The van der Waals surface area contributed by atoms with Gasteiger partial charge in [-0.25, -0.2) is 4.57 Å². The molecule has 0 radical (unpaired) electrons. The lowest BCUT2D eigenvalue weighted by Gasteiger charge is -2.02. The van der Waals surface area contributed by atoms with Crippen molar-refractivity contribution in [2.24, 2.45) is 0 Å². The number of rotatable bonds is 5. The van der Waals surface area contributed by atoms with Gasteiger partial charge in [-0.1, -0.05) is 40.2 Å². The van der Waals surface area contributed by atoms with Crippen LogP contribution in [0.4, 0.5) is 0 Å². The van der Waals surface area contributed by atoms with E-state index in [1.54, 1.807) is 18.0 Å². The van der Waals surface area contributed by atoms with Gasteiger partial charge in [-0.3, -0.25) is 4.79 Å². The summed E-state index contributed by atoms with van der Waals surface area (Å²) in [5, 5.41) is 0. The number of ketones is 1. The lowest BCUT2D eigenvalue weighted by molar-refractivity contribution is -0.686. The first-order valence-electron chi connectivity index (χ1n) is 7.44. The third-order valence-electron chi connectivity index (χ3n) is 3.63. The molecule has 0 N–H and O–H groups in total. The van der Waals surface area contributed by atoms with E-state index in [9.17, 15) is 4.79 Å². The Morgan fingerprint density at radius 1 is 1.17 bits per heavy atom. The highest BCUT2D eigenvalue weighted by molar-refractivity contribution is 9.10. The maximum absolute atomic E-state index is 12.3. The van der Waals surface area contributed by atoms with Crippen LogP contribution in [0.25, 0.3) is 11.3 Å². The molecule has 24 heavy (non-hydrogen) atoms. The predicted molar refractivity (Wildman–Crippen MR) is 94.9 cm³/mol. The van der Waals surface area contributed by atoms with Gasteiger partial charge >= 0.3 is 0 Å². The summed E-state index contributed by atoms with van der Waals surface area (Å²) in [4.78, 5) is 16.7. The van der Waals surface area contributed by atoms with Gasteiger partial charge in [0.2, 0.25) is 5.78 Å². The van der Waals surface area contributed by atoms with Crippen LogP contribution in [0.15, 0.2) is 71.6 Å². The molecule has 0 fully saturated rings. The maximum Gasteiger partial charge on any atom is 0.287 e. The van der Waals surface area contributed by atoms with Crippen molar-refractivity contribution < 1.29 is 14.1 Å². The number of ether oxygens (including phenoxy) is 1. The molecule has 0 unspecified atom stereocenters. The smallest absolute Gasteiger partial charge is 0.287 e. The molecule has 0 amide bonds. The fourth-order valence-electron chi connectivity index (χ4n) is 2.32. The van der Waals surface area contributed by atoms with Crippen molar-refractivity contribution in [2.45, 2.75) is 6.54 Å². The van der Waals surface area contributed by atoms with E-state index < -0.39 is 0 Å². The Hall–Kier alpha value is -2.53. The summed E-state index contributed by atoms with van der Waals surface area (Å²) in [7, 11) is 1.64. The fourth-order valence-corrected chi connectivity index (χ4v) is 2.59. The minimum absolute atomic E-state index is 0.0448. The summed E-state index contributed by atoms with van der Waals surface area (Å²) in [6.45, 7) is 0.257. The molecule has 2 aromatic carbocycles. The highest BCUT2D eigenvalue weighted by atomic mass is 79.9. The second-order valence-corrected chi connectivity index (χ2v) is 6.20. The van der Waals surface area contributed by atoms with Gasteiger partial charge in [0, 0.05) is 21.7 Å². The quantitative estimate of drug-likeness (QED) is 0.498. The number of nitrogens with zero attached hydrogens (tertiary/aromatic N) is 2. The van der Waals surface area contributed by atoms with Crippen molar-refractivity contribution >= 4 is 21.7 Å². The van der Waals surface area contributed by atoms with Crippen molar-refractivity contribution in [3.63, 3.8) is 0 Å². The number of carbonyl (C=O) groups is 1. The standard InChI is InChI=1S/C19H16BrN2O2/c1-24-17-4-2-3-15(11-17)18-9-10-22(13-21-18)12-19(23)14-5-7-16(20)8-6-14/h2-11,13H,12H2,1H3/q+1. The fraction of sp³-hybridized carbons (Fsp3) is 0.105. The number of hydrogen-bond donors (Lipinski definition) is 0. The number of carbonyl (C=O) groups excluding carboxylic acids is 1. The molecule has 4 nitrogen and oxygen atoms in total. The van der Waals surface area contributed by atoms with E-state index in [2.05, 4.69) is 20.9 Å². The van der Waals surface area contributed by atoms with E-state index in [-0.39, 0.29) is 12.3 Å². The van der Waals surface area contributed by atoms with Crippen LogP contribution in [0, 0.1) is 0 Å². The minimum Gasteiger partial charge on any atom is -0.497 e. The summed E-state index contributed by atoms with van der Waals surface area (Å²) in [5.41, 5.74) is 2.49. The Kier molecular flexibility index (Phi) is 5.01. The molecule has 0 aliphatic rings. The molecule has 120 valence electrons. The van der Waals surface area contributed by atoms with Crippen molar-refractivity contribution in [3.05, 3.63) is 77.2 Å². The molecule has 3 rings (SSSR count). The van der Waals surface area contributed by atoms with Gasteiger partial charge < -0.3 is 4.74 Å². The number of hydrogen-bond acceptors (Lipinski definition) is 3. The van der Waals surface area contributed by atoms with Crippen LogP contribution in [0.2, 0.25) is 0 Å². The molecule has 5 heteroatoms. The van der Waals surface area contributed by atoms with Crippen molar-refractivity contribution in [2.75, 3.05) is 7.11 Å². The molecule has 0 atom stereocenters. The molecule has 0 bridgehead atoms. The zero-order valence-corrected chi connectivity index (χ0v) is 14.7. The average Bonchev–Trinajstić information content (AvgIpc) is 2.63. The van der Waals surface area contributed by atoms with E-state index in [1.165, 1.54) is 0 Å². The molecular formula is C19H16BrN2O2+. The first-order valence-corrected chi connectivity index (χ1v) is 8.23. The second-order valence-electron chi connectivity index (χ2n) is 5.28. The summed E-state index contributed by atoms with van der Waals surface area (Å²) in [6.07, 6.45) is 3.53. The van der Waals surface area contributed by atoms with Crippen LogP contribution in [-0.4, -0.2) is 17.9 Å². The normalized spacial score (nSPS) is 10.4. The number of methoxy groups -OCH3 is 1. The second kappa shape index (κ2) is 7.36. The lowest BCUT2D eigenvalue weighted by atomic mass is 10.1. The van der Waals surface area contributed by atoms with Crippen LogP contribution in [-0.2, 0) is 6.54 Å². The topological polar surface area (TPSA) is 43.1 Å². The first kappa shape index (κ1) is 16.3. The van der Waals surface area contributed by atoms with E-state index in [1.807, 2.05) is 60.8 Å². The van der Waals surface area contributed by atoms with Crippen LogP contribution >= 0.6 is 15.9 Å². The number of Topliss-reactive ketones (excluding diaryl/α,β-unsaturated/α-hetero) is 1. The van der Waals surface area contributed by atoms with Gasteiger partial charge in [0.05, 0.1) is 13.3 Å². The minimum atomic E-state index is 0.0448. The lowest BCUT2D eigenvalue weighted by Crippen LogP contribution is -2.37. The van der Waals surface area contributed by atoms with E-state index in [0.29, 0.717) is 5.56 Å². The Bertz CT molecular complexity index is 846. The zero-order chi connectivity index (χ0) is 16.9. The van der Waals surface area contributed by atoms with Gasteiger partial charge in [0.15, 0.2) is 12.2 Å². The maximum atomic E-state index is 12.3. The molecule has 0 saturated heterocycles. The zero-order valence-electron chi connectivity index (χ0n) is 13.1. The molecule has 3 aromatic rings. The van der Waals surface area contributed by atoms with Gasteiger partial charge in [-0.2, -0.15) is 0 Å². The van der Waals surface area contributed by atoms with E-state index in [4.69, 9.17) is 4.74 Å². The predicted octanol–water partition coefficient (Wildman–Crippen LogP) is 3.69. The van der Waals surface area contributed by atoms with Crippen LogP contribution in [0.5, 0.6) is 5.75 Å². The number of benzene rings is 2. The number of halogens is 1. The molecule has 0 saturated carbocycles. The van der Waals surface area contributed by atoms with E-state index in [0.717, 1.165) is 21.5 Å². The average molecular weight is 384 g/mol. The molecular weight excluding hydrogens is 368 g/mol. The van der Waals surface area contributed by atoms with E-state index >= 15 is 0 Å². The van der Waals surface area contributed by atoms with Gasteiger partial charge in [0.1, 0.15) is 5.75 Å². The summed E-state index contributed by atoms with van der Waals surface area (Å²) >= 11 is 3.37. The molecule has 0 aliphatic carbocycles. The largest absolute Gasteiger partial charge is 0.497 e. The van der Waals surface area contributed by atoms with Crippen LogP contribution in [0.1, 0.15) is 10.4 Å². The summed E-state index contributed by atoms with van der Waals surface area (Å²) in [5.74, 6) is 0.833. The Morgan fingerprint density at radius 2 is 1.96 bits per heavy atom. The van der Waals surface area contributed by atoms with Crippen molar-refractivity contribution in [3.8, 4) is 17.0 Å². The Morgan fingerprint density at radius 3 is 2.62 bits per heavy atom. The van der Waals surface area contributed by atoms with Crippen LogP contribution in [0.3, 0.4) is 0 Å². The molecule has 0 spiro atoms. The van der Waals surface area contributed by atoms with Gasteiger partial charge in [-0.05, 0) is 29.2 Å². The van der Waals surface area contributed by atoms with Gasteiger partial charge in [0.25, 0.3) is 6.33 Å². The van der Waals surface area contributed by atoms with Crippen molar-refractivity contribution in [1.82, 2.24) is 4.98 Å². The monoisotopic (exact) mass is 383 g/mol. The first-order chi connectivity index (χ1) is 11.7. The Balaban J connectivity index is 1.74. The molecule has 1 aromatic heterocycles. The summed E-state index contributed by atoms with van der Waals surface area (Å²) < 4.78 is 7.96. The molecule has 0 aliphatic heterocycles. The third kappa shape index (κ3) is 3.86. The highest BCUT2D eigenvalue weighted by Crippen LogP contribution is 2.21. The third-order valence-corrected chi connectivity index (χ3v) is 4.16. The van der Waals surface area contributed by atoms with Crippen LogP contribution < -0.4 is 9.30 Å². The Labute approximate surface area is 148 Å². The SMILES string of the molecule is COc1cccc(-c2cc[n+](CC(=O)c3ccc(Br)cc3)cn2)c1. The number of aromatic nitrogens is 2.